The van der Waals surface area contributed by atoms with Crippen molar-refractivity contribution in [1.82, 2.24) is 15.3 Å². The summed E-state index contributed by atoms with van der Waals surface area (Å²) in [6.07, 6.45) is 5.00. The third-order valence-corrected chi connectivity index (χ3v) is 3.87. The summed E-state index contributed by atoms with van der Waals surface area (Å²) in [6.45, 7) is 0.600. The molecule has 100 valence electrons. The Labute approximate surface area is 116 Å². The molecule has 1 heterocycles. The van der Waals surface area contributed by atoms with Crippen molar-refractivity contribution in [3.05, 3.63) is 39.4 Å². The fraction of sp³-hybridized carbons (Fsp3) is 0.429. The van der Waals surface area contributed by atoms with E-state index in [4.69, 9.17) is 11.6 Å². The van der Waals surface area contributed by atoms with Crippen molar-refractivity contribution in [2.24, 2.45) is 0 Å². The van der Waals surface area contributed by atoms with E-state index in [9.17, 15) is 4.79 Å². The number of nitrogens with zero attached hydrogens (tertiary/aromatic N) is 1. The highest BCUT2D eigenvalue weighted by Gasteiger charge is 2.14. The monoisotopic (exact) mass is 277 g/mol. The van der Waals surface area contributed by atoms with Crippen LogP contribution in [0.5, 0.6) is 0 Å². The van der Waals surface area contributed by atoms with E-state index in [1.165, 1.54) is 25.7 Å². The minimum absolute atomic E-state index is 0.107. The van der Waals surface area contributed by atoms with Gasteiger partial charge in [-0.1, -0.05) is 24.4 Å². The van der Waals surface area contributed by atoms with E-state index in [0.717, 1.165) is 0 Å². The van der Waals surface area contributed by atoms with E-state index in [-0.39, 0.29) is 5.56 Å². The molecule has 0 spiro atoms. The van der Waals surface area contributed by atoms with E-state index >= 15 is 0 Å². The molecule has 0 radical (unpaired) electrons. The molecule has 0 unspecified atom stereocenters. The predicted octanol–water partition coefficient (Wildman–Crippen LogP) is 2.61. The third kappa shape index (κ3) is 2.80. The fourth-order valence-corrected chi connectivity index (χ4v) is 2.78. The molecule has 0 saturated heterocycles. The highest BCUT2D eigenvalue weighted by atomic mass is 35.5. The van der Waals surface area contributed by atoms with Gasteiger partial charge in [0.05, 0.1) is 17.4 Å². The summed E-state index contributed by atoms with van der Waals surface area (Å²) in [5, 5.41) is 4.61. The minimum atomic E-state index is -0.107. The molecule has 1 fully saturated rings. The molecular formula is C14H16ClN3O. The summed E-state index contributed by atoms with van der Waals surface area (Å²) in [5.74, 6) is 0.673. The smallest absolute Gasteiger partial charge is 0.258 e. The lowest BCUT2D eigenvalue weighted by Gasteiger charge is -2.11. The number of hydrogen-bond acceptors (Lipinski definition) is 3. The highest BCUT2D eigenvalue weighted by molar-refractivity contribution is 6.31. The molecule has 1 aromatic carbocycles. The lowest BCUT2D eigenvalue weighted by molar-refractivity contribution is 0.514. The summed E-state index contributed by atoms with van der Waals surface area (Å²) < 4.78 is 0. The summed E-state index contributed by atoms with van der Waals surface area (Å²) in [6, 6.07) is 5.69. The molecule has 0 amide bonds. The van der Waals surface area contributed by atoms with Gasteiger partial charge in [-0.2, -0.15) is 0 Å². The van der Waals surface area contributed by atoms with E-state index in [1.807, 2.05) is 0 Å². The van der Waals surface area contributed by atoms with Crippen molar-refractivity contribution < 1.29 is 0 Å². The predicted molar refractivity (Wildman–Crippen MR) is 76.5 cm³/mol. The molecule has 4 nitrogen and oxygen atoms in total. The molecule has 0 aliphatic heterocycles. The number of fused-ring (bicyclic) bond motifs is 1. The number of aromatic amines is 1. The van der Waals surface area contributed by atoms with Crippen LogP contribution < -0.4 is 10.9 Å². The van der Waals surface area contributed by atoms with Crippen LogP contribution >= 0.6 is 11.6 Å². The maximum absolute atomic E-state index is 11.9. The Balaban J connectivity index is 1.85. The molecule has 0 atom stereocenters. The summed E-state index contributed by atoms with van der Waals surface area (Å²) >= 11 is 5.94. The number of aromatic nitrogens is 2. The zero-order valence-corrected chi connectivity index (χ0v) is 11.3. The van der Waals surface area contributed by atoms with Gasteiger partial charge < -0.3 is 10.3 Å². The first-order valence-corrected chi connectivity index (χ1v) is 7.02. The maximum atomic E-state index is 11.9. The fourth-order valence-electron chi connectivity index (χ4n) is 2.62. The molecule has 1 saturated carbocycles. The summed E-state index contributed by atoms with van der Waals surface area (Å²) in [7, 11) is 0. The van der Waals surface area contributed by atoms with E-state index < -0.39 is 0 Å². The Morgan fingerprint density at radius 2 is 2.16 bits per heavy atom. The Hall–Kier alpha value is -1.39. The number of hydrogen-bond donors (Lipinski definition) is 2. The summed E-state index contributed by atoms with van der Waals surface area (Å²) in [5.41, 5.74) is 0.546. The van der Waals surface area contributed by atoms with Gasteiger partial charge in [0.2, 0.25) is 0 Å². The van der Waals surface area contributed by atoms with Crippen LogP contribution in [0.4, 0.5) is 0 Å². The molecule has 19 heavy (non-hydrogen) atoms. The van der Waals surface area contributed by atoms with Gasteiger partial charge >= 0.3 is 0 Å². The first-order chi connectivity index (χ1) is 9.22. The van der Waals surface area contributed by atoms with Crippen LogP contribution in [0.15, 0.2) is 23.0 Å². The zero-order valence-electron chi connectivity index (χ0n) is 10.6. The number of rotatable bonds is 3. The molecule has 1 aliphatic carbocycles. The van der Waals surface area contributed by atoms with Crippen molar-refractivity contribution in [1.29, 1.82) is 0 Å². The molecule has 0 bridgehead atoms. The largest absolute Gasteiger partial charge is 0.309 e. The SMILES string of the molecule is O=c1[nH]c(CNC2CCCC2)nc2cc(Cl)ccc12. The Morgan fingerprint density at radius 1 is 1.37 bits per heavy atom. The number of benzene rings is 1. The van der Waals surface area contributed by atoms with Crippen LogP contribution in [0.25, 0.3) is 10.9 Å². The van der Waals surface area contributed by atoms with E-state index in [2.05, 4.69) is 15.3 Å². The maximum Gasteiger partial charge on any atom is 0.258 e. The van der Waals surface area contributed by atoms with Gasteiger partial charge in [-0.3, -0.25) is 4.79 Å². The molecule has 3 rings (SSSR count). The van der Waals surface area contributed by atoms with Crippen molar-refractivity contribution in [2.75, 3.05) is 0 Å². The molecular weight excluding hydrogens is 262 g/mol. The van der Waals surface area contributed by atoms with Gasteiger partial charge in [-0.25, -0.2) is 4.98 Å². The summed E-state index contributed by atoms with van der Waals surface area (Å²) in [4.78, 5) is 19.2. The molecule has 5 heteroatoms. The van der Waals surface area contributed by atoms with Crippen LogP contribution in [0, 0.1) is 0 Å². The third-order valence-electron chi connectivity index (χ3n) is 3.63. The van der Waals surface area contributed by atoms with Crippen molar-refractivity contribution in [3.63, 3.8) is 0 Å². The topological polar surface area (TPSA) is 57.8 Å². The molecule has 1 aliphatic rings. The number of nitrogens with one attached hydrogen (secondary N) is 2. The Morgan fingerprint density at radius 3 is 2.95 bits per heavy atom. The van der Waals surface area contributed by atoms with Gasteiger partial charge in [0.15, 0.2) is 0 Å². The average Bonchev–Trinajstić information content (AvgIpc) is 2.89. The second-order valence-corrected chi connectivity index (χ2v) is 5.47. The Kier molecular flexibility index (Phi) is 3.53. The second-order valence-electron chi connectivity index (χ2n) is 5.04. The normalized spacial score (nSPS) is 16.3. The average molecular weight is 278 g/mol. The van der Waals surface area contributed by atoms with E-state index in [1.54, 1.807) is 18.2 Å². The lowest BCUT2D eigenvalue weighted by atomic mass is 10.2. The standard InChI is InChI=1S/C14H16ClN3O/c15-9-5-6-11-12(7-9)17-13(18-14(11)19)8-16-10-3-1-2-4-10/h5-7,10,16H,1-4,8H2,(H,17,18,19). The van der Waals surface area contributed by atoms with Crippen LogP contribution in [0.2, 0.25) is 5.02 Å². The van der Waals surface area contributed by atoms with Crippen molar-refractivity contribution >= 4 is 22.5 Å². The van der Waals surface area contributed by atoms with Gasteiger partial charge in [-0.15, -0.1) is 0 Å². The Bertz CT molecular complexity index is 647. The quantitative estimate of drug-likeness (QED) is 0.907. The second kappa shape index (κ2) is 5.31. The van der Waals surface area contributed by atoms with Gasteiger partial charge in [0.25, 0.3) is 5.56 Å². The van der Waals surface area contributed by atoms with Crippen molar-refractivity contribution in [3.8, 4) is 0 Å². The van der Waals surface area contributed by atoms with Gasteiger partial charge in [-0.05, 0) is 31.0 Å². The van der Waals surface area contributed by atoms with Crippen molar-refractivity contribution in [2.45, 2.75) is 38.3 Å². The van der Waals surface area contributed by atoms with Crippen LogP contribution in [0.3, 0.4) is 0 Å². The highest BCUT2D eigenvalue weighted by Crippen LogP contribution is 2.18. The molecule has 2 aromatic rings. The van der Waals surface area contributed by atoms with Crippen LogP contribution in [0.1, 0.15) is 31.5 Å². The van der Waals surface area contributed by atoms with Gasteiger partial charge in [0, 0.05) is 11.1 Å². The first kappa shape index (κ1) is 12.6. The number of H-pyrrole nitrogens is 1. The molecule has 2 N–H and O–H groups in total. The van der Waals surface area contributed by atoms with Gasteiger partial charge in [0.1, 0.15) is 5.82 Å². The number of halogens is 1. The lowest BCUT2D eigenvalue weighted by Crippen LogP contribution is -2.27. The molecule has 1 aromatic heterocycles. The van der Waals surface area contributed by atoms with Crippen LogP contribution in [-0.2, 0) is 6.54 Å². The first-order valence-electron chi connectivity index (χ1n) is 6.64. The zero-order chi connectivity index (χ0) is 13.2. The van der Waals surface area contributed by atoms with E-state index in [0.29, 0.717) is 34.3 Å². The minimum Gasteiger partial charge on any atom is -0.309 e. The van der Waals surface area contributed by atoms with Crippen LogP contribution in [-0.4, -0.2) is 16.0 Å².